The van der Waals surface area contributed by atoms with Crippen LogP contribution in [0.1, 0.15) is 38.1 Å². The molecule has 2 atom stereocenters. The Bertz CT molecular complexity index is 565. The molecule has 0 fully saturated rings. The van der Waals surface area contributed by atoms with E-state index in [4.69, 9.17) is 4.52 Å². The summed E-state index contributed by atoms with van der Waals surface area (Å²) in [5.74, 6) is 1.94. The van der Waals surface area contributed by atoms with Crippen molar-refractivity contribution >= 4 is 0 Å². The molecule has 0 radical (unpaired) electrons. The number of likely N-dealkylation sites (N-methyl/N-ethyl adjacent to an activating group) is 1. The number of nitrogens with zero attached hydrogens (tertiary/aromatic N) is 3. The summed E-state index contributed by atoms with van der Waals surface area (Å²) in [7, 11) is 1.95. The van der Waals surface area contributed by atoms with E-state index in [-0.39, 0.29) is 12.0 Å². The molecule has 0 aliphatic rings. The van der Waals surface area contributed by atoms with Gasteiger partial charge in [0.2, 0.25) is 11.7 Å². The summed E-state index contributed by atoms with van der Waals surface area (Å²) in [5.41, 5.74) is 2.01. The topological polar surface area (TPSA) is 63.8 Å². The lowest BCUT2D eigenvalue weighted by Gasteiger charge is -2.23. The fraction of sp³-hybridized carbons (Fsp3) is 0.533. The van der Waals surface area contributed by atoms with Crippen LogP contribution < -0.4 is 5.32 Å². The first-order chi connectivity index (χ1) is 9.54. The SMILES string of the molecule is CNC(C)C(c1nc(-c2ccncc2C)no1)C(C)C. The van der Waals surface area contributed by atoms with Crippen LogP contribution in [0, 0.1) is 12.8 Å². The van der Waals surface area contributed by atoms with Crippen LogP contribution in [0.25, 0.3) is 11.4 Å². The van der Waals surface area contributed by atoms with Crippen LogP contribution >= 0.6 is 0 Å². The molecular formula is C15H22N4O. The van der Waals surface area contributed by atoms with Gasteiger partial charge >= 0.3 is 0 Å². The maximum absolute atomic E-state index is 5.50. The molecule has 20 heavy (non-hydrogen) atoms. The first-order valence-electron chi connectivity index (χ1n) is 6.96. The third-order valence-electron chi connectivity index (χ3n) is 3.70. The number of nitrogens with one attached hydrogen (secondary N) is 1. The molecule has 0 aliphatic heterocycles. The minimum atomic E-state index is 0.198. The lowest BCUT2D eigenvalue weighted by atomic mass is 9.89. The van der Waals surface area contributed by atoms with E-state index in [0.29, 0.717) is 17.6 Å². The van der Waals surface area contributed by atoms with Crippen LogP contribution in [0.15, 0.2) is 23.0 Å². The Morgan fingerprint density at radius 1 is 1.25 bits per heavy atom. The van der Waals surface area contributed by atoms with Crippen LogP contribution in [0.4, 0.5) is 0 Å². The van der Waals surface area contributed by atoms with Gasteiger partial charge in [0.15, 0.2) is 0 Å². The fourth-order valence-corrected chi connectivity index (χ4v) is 2.46. The minimum absolute atomic E-state index is 0.198. The first kappa shape index (κ1) is 14.7. The van der Waals surface area contributed by atoms with E-state index < -0.39 is 0 Å². The van der Waals surface area contributed by atoms with Crippen LogP contribution in [-0.2, 0) is 0 Å². The molecule has 5 nitrogen and oxygen atoms in total. The summed E-state index contributed by atoms with van der Waals surface area (Å²) in [4.78, 5) is 8.67. The summed E-state index contributed by atoms with van der Waals surface area (Å²) >= 11 is 0. The molecule has 1 N–H and O–H groups in total. The summed E-state index contributed by atoms with van der Waals surface area (Å²) in [5, 5.41) is 7.39. The Labute approximate surface area is 119 Å². The van der Waals surface area contributed by atoms with Gasteiger partial charge in [-0.3, -0.25) is 4.98 Å². The molecule has 2 rings (SSSR count). The number of hydrogen-bond acceptors (Lipinski definition) is 5. The van der Waals surface area contributed by atoms with Gasteiger partial charge in [0.1, 0.15) is 0 Å². The highest BCUT2D eigenvalue weighted by Crippen LogP contribution is 2.29. The standard InChI is InChI=1S/C15H22N4O/c1-9(2)13(11(4)16-5)15-18-14(19-20-15)12-6-7-17-8-10(12)3/h6-9,11,13,16H,1-5H3. The minimum Gasteiger partial charge on any atom is -0.339 e. The maximum Gasteiger partial charge on any atom is 0.231 e. The molecule has 2 heterocycles. The van der Waals surface area contributed by atoms with E-state index in [0.717, 1.165) is 11.1 Å². The van der Waals surface area contributed by atoms with E-state index >= 15 is 0 Å². The van der Waals surface area contributed by atoms with Gasteiger partial charge in [-0.05, 0) is 38.4 Å². The molecular weight excluding hydrogens is 252 g/mol. The Morgan fingerprint density at radius 2 is 2.00 bits per heavy atom. The zero-order valence-electron chi connectivity index (χ0n) is 12.7. The molecule has 2 unspecified atom stereocenters. The van der Waals surface area contributed by atoms with Crippen molar-refractivity contribution < 1.29 is 4.52 Å². The third-order valence-corrected chi connectivity index (χ3v) is 3.70. The zero-order valence-corrected chi connectivity index (χ0v) is 12.7. The third kappa shape index (κ3) is 2.88. The van der Waals surface area contributed by atoms with Crippen molar-refractivity contribution in [1.29, 1.82) is 0 Å². The molecule has 0 aliphatic carbocycles. The molecule has 0 amide bonds. The lowest BCUT2D eigenvalue weighted by Crippen LogP contribution is -2.32. The van der Waals surface area contributed by atoms with Gasteiger partial charge in [0.05, 0.1) is 5.92 Å². The smallest absolute Gasteiger partial charge is 0.231 e. The second kappa shape index (κ2) is 6.13. The monoisotopic (exact) mass is 274 g/mol. The number of hydrogen-bond donors (Lipinski definition) is 1. The Balaban J connectivity index is 2.35. The van der Waals surface area contributed by atoms with E-state index in [1.807, 2.05) is 26.2 Å². The molecule has 0 aromatic carbocycles. The van der Waals surface area contributed by atoms with E-state index in [1.165, 1.54) is 0 Å². The summed E-state index contributed by atoms with van der Waals surface area (Å²) in [6.07, 6.45) is 3.55. The average Bonchev–Trinajstić information content (AvgIpc) is 2.88. The lowest BCUT2D eigenvalue weighted by molar-refractivity contribution is 0.286. The van der Waals surface area contributed by atoms with Crippen molar-refractivity contribution in [2.75, 3.05) is 7.05 Å². The predicted molar refractivity (Wildman–Crippen MR) is 78.4 cm³/mol. The van der Waals surface area contributed by atoms with Crippen LogP contribution in [0.3, 0.4) is 0 Å². The molecule has 0 spiro atoms. The average molecular weight is 274 g/mol. The maximum atomic E-state index is 5.50. The Hall–Kier alpha value is -1.75. The van der Waals surface area contributed by atoms with Gasteiger partial charge < -0.3 is 9.84 Å². The largest absolute Gasteiger partial charge is 0.339 e. The van der Waals surface area contributed by atoms with Crippen LogP contribution in [0.2, 0.25) is 0 Å². The van der Waals surface area contributed by atoms with E-state index in [1.54, 1.807) is 6.20 Å². The summed E-state index contributed by atoms with van der Waals surface area (Å²) in [6.45, 7) is 8.46. The Kier molecular flexibility index (Phi) is 4.49. The number of pyridine rings is 1. The quantitative estimate of drug-likeness (QED) is 0.908. The van der Waals surface area contributed by atoms with E-state index in [9.17, 15) is 0 Å². The van der Waals surface area contributed by atoms with Gasteiger partial charge in [-0.1, -0.05) is 19.0 Å². The highest BCUT2D eigenvalue weighted by Gasteiger charge is 2.27. The van der Waals surface area contributed by atoms with Gasteiger partial charge in [-0.2, -0.15) is 4.98 Å². The van der Waals surface area contributed by atoms with E-state index in [2.05, 4.69) is 41.2 Å². The molecule has 2 aromatic heterocycles. The van der Waals surface area contributed by atoms with Crippen LogP contribution in [0.5, 0.6) is 0 Å². The molecule has 0 saturated heterocycles. The Morgan fingerprint density at radius 3 is 2.60 bits per heavy atom. The highest BCUT2D eigenvalue weighted by molar-refractivity contribution is 5.58. The van der Waals surface area contributed by atoms with Crippen LogP contribution in [-0.4, -0.2) is 28.2 Å². The first-order valence-corrected chi connectivity index (χ1v) is 6.96. The van der Waals surface area contributed by atoms with Crippen molar-refractivity contribution in [3.8, 4) is 11.4 Å². The van der Waals surface area contributed by atoms with Crippen molar-refractivity contribution in [1.82, 2.24) is 20.4 Å². The molecule has 0 bridgehead atoms. The van der Waals surface area contributed by atoms with Gasteiger partial charge in [-0.15, -0.1) is 0 Å². The number of aryl methyl sites for hydroxylation is 1. The highest BCUT2D eigenvalue weighted by atomic mass is 16.5. The normalized spacial score (nSPS) is 14.5. The van der Waals surface area contributed by atoms with Gasteiger partial charge in [0, 0.05) is 24.0 Å². The van der Waals surface area contributed by atoms with Crippen molar-refractivity contribution in [3.63, 3.8) is 0 Å². The summed E-state index contributed by atoms with van der Waals surface area (Å²) in [6, 6.07) is 2.19. The van der Waals surface area contributed by atoms with Crippen molar-refractivity contribution in [2.45, 2.75) is 39.7 Å². The second-order valence-electron chi connectivity index (χ2n) is 5.49. The predicted octanol–water partition coefficient (Wildman–Crippen LogP) is 2.79. The van der Waals surface area contributed by atoms with Gasteiger partial charge in [0.25, 0.3) is 0 Å². The van der Waals surface area contributed by atoms with Gasteiger partial charge in [-0.25, -0.2) is 0 Å². The molecule has 2 aromatic rings. The molecule has 108 valence electrons. The second-order valence-corrected chi connectivity index (χ2v) is 5.49. The zero-order chi connectivity index (χ0) is 14.7. The number of rotatable bonds is 5. The fourth-order valence-electron chi connectivity index (χ4n) is 2.46. The van der Waals surface area contributed by atoms with Crippen molar-refractivity contribution in [3.05, 3.63) is 29.9 Å². The number of aromatic nitrogens is 3. The molecule has 5 heteroatoms. The summed E-state index contributed by atoms with van der Waals surface area (Å²) < 4.78 is 5.50. The van der Waals surface area contributed by atoms with Crippen molar-refractivity contribution in [2.24, 2.45) is 5.92 Å². The molecule has 0 saturated carbocycles.